The van der Waals surface area contributed by atoms with Gasteiger partial charge in [-0.25, -0.2) is 0 Å². The molecule has 0 unspecified atom stereocenters. The van der Waals surface area contributed by atoms with E-state index in [9.17, 15) is 5.26 Å². The third-order valence-corrected chi connectivity index (χ3v) is 4.45. The molecule has 3 rings (SSSR count). The molecule has 1 aliphatic rings. The average molecular weight is 369 g/mol. The number of anilines is 1. The van der Waals surface area contributed by atoms with Crippen LogP contribution < -0.4 is 15.0 Å². The second-order valence-electron chi connectivity index (χ2n) is 6.34. The lowest BCUT2D eigenvalue weighted by atomic mass is 10.2. The van der Waals surface area contributed by atoms with Crippen LogP contribution in [0.5, 0.6) is 5.75 Å². The molecule has 1 saturated heterocycles. The number of benzene rings is 1. The summed E-state index contributed by atoms with van der Waals surface area (Å²) in [5.74, 6) is 1.61. The van der Waals surface area contributed by atoms with Gasteiger partial charge in [0.2, 0.25) is 17.5 Å². The van der Waals surface area contributed by atoms with Crippen LogP contribution in [0.4, 0.5) is 5.88 Å². The van der Waals surface area contributed by atoms with Crippen molar-refractivity contribution in [3.8, 4) is 11.8 Å². The Morgan fingerprint density at radius 3 is 2.96 bits per heavy atom. The highest BCUT2D eigenvalue weighted by Gasteiger charge is 2.14. The van der Waals surface area contributed by atoms with Crippen LogP contribution in [0, 0.1) is 11.3 Å². The molecule has 142 valence electrons. The third-order valence-electron chi connectivity index (χ3n) is 4.45. The fraction of sp³-hybridized carbons (Fsp3) is 0.400. The number of methoxy groups -OCH3 is 1. The van der Waals surface area contributed by atoms with Crippen LogP contribution in [0.2, 0.25) is 0 Å². The predicted molar refractivity (Wildman–Crippen MR) is 103 cm³/mol. The van der Waals surface area contributed by atoms with Gasteiger partial charge in [-0.1, -0.05) is 12.1 Å². The highest BCUT2D eigenvalue weighted by Crippen LogP contribution is 2.19. The quantitative estimate of drug-likeness (QED) is 0.685. The molecule has 7 heteroatoms. The summed E-state index contributed by atoms with van der Waals surface area (Å²) in [5.41, 5.74) is 1.24. The number of nitrogens with one attached hydrogen (secondary N) is 2. The van der Waals surface area contributed by atoms with Crippen molar-refractivity contribution < 1.29 is 18.8 Å². The number of hydrogen-bond donors (Lipinski definition) is 2. The van der Waals surface area contributed by atoms with Gasteiger partial charge in [-0.05, 0) is 23.8 Å². The van der Waals surface area contributed by atoms with E-state index in [-0.39, 0.29) is 5.69 Å². The highest BCUT2D eigenvalue weighted by atomic mass is 16.5. The Labute approximate surface area is 159 Å². The first-order chi connectivity index (χ1) is 13.3. The molecule has 2 aromatic rings. The maximum atomic E-state index is 9.27. The van der Waals surface area contributed by atoms with Crippen LogP contribution in [0.15, 0.2) is 28.7 Å². The first kappa shape index (κ1) is 19.0. The number of morpholine rings is 1. The number of hydrogen-bond acceptors (Lipinski definition) is 6. The van der Waals surface area contributed by atoms with Gasteiger partial charge in [-0.2, -0.15) is 10.2 Å². The summed E-state index contributed by atoms with van der Waals surface area (Å²) >= 11 is 0. The van der Waals surface area contributed by atoms with Crippen LogP contribution in [-0.4, -0.2) is 51.5 Å². The first-order valence-corrected chi connectivity index (χ1v) is 9.17. The van der Waals surface area contributed by atoms with E-state index in [1.165, 1.54) is 0 Å². The average Bonchev–Trinajstić information content (AvgIpc) is 3.13. The Morgan fingerprint density at radius 2 is 2.19 bits per heavy atom. The molecule has 0 amide bonds. The van der Waals surface area contributed by atoms with E-state index in [1.807, 2.05) is 30.3 Å². The Morgan fingerprint density at radius 1 is 1.33 bits per heavy atom. The van der Waals surface area contributed by atoms with Gasteiger partial charge in [-0.15, -0.1) is 0 Å². The normalized spacial score (nSPS) is 15.0. The van der Waals surface area contributed by atoms with Crippen molar-refractivity contribution in [2.75, 3.05) is 51.8 Å². The number of aromatic nitrogens is 1. The molecule has 0 aliphatic carbocycles. The molecule has 2 N–H and O–H groups in total. The minimum Gasteiger partial charge on any atom is -0.497 e. The minimum absolute atomic E-state index is 0.277. The topological polar surface area (TPSA) is 84.8 Å². The zero-order valence-electron chi connectivity index (χ0n) is 15.5. The number of nitrogens with zero attached hydrogens (tertiary/aromatic N) is 2. The van der Waals surface area contributed by atoms with Crippen molar-refractivity contribution >= 4 is 18.0 Å². The van der Waals surface area contributed by atoms with E-state index in [0.29, 0.717) is 11.8 Å². The zero-order chi connectivity index (χ0) is 18.9. The van der Waals surface area contributed by atoms with Gasteiger partial charge < -0.3 is 24.1 Å². The van der Waals surface area contributed by atoms with Crippen molar-refractivity contribution in [2.45, 2.75) is 6.42 Å². The molecule has 1 aromatic heterocycles. The molecule has 0 saturated carbocycles. The van der Waals surface area contributed by atoms with E-state index >= 15 is 0 Å². The number of quaternary nitrogens is 1. The molecular weight excluding hydrogens is 344 g/mol. The van der Waals surface area contributed by atoms with E-state index in [2.05, 4.69) is 16.4 Å². The summed E-state index contributed by atoms with van der Waals surface area (Å²) in [5, 5.41) is 12.5. The van der Waals surface area contributed by atoms with Crippen molar-refractivity contribution in [2.24, 2.45) is 0 Å². The molecule has 0 radical (unpaired) electrons. The number of ether oxygens (including phenoxy) is 2. The molecule has 0 atom stereocenters. The standard InChI is InChI=1S/C20H24N4O3/c1-25-17-5-2-4-16(14-17)6-7-19-23-18(15-21)20(27-19)22-8-3-9-24-10-12-26-13-11-24/h2,4-7,14,22H,3,8-13H2,1H3/p+1/b7-6+. The number of nitriles is 1. The Bertz CT molecular complexity index is 804. The van der Waals surface area contributed by atoms with Crippen LogP contribution in [0.25, 0.3) is 12.2 Å². The fourth-order valence-corrected chi connectivity index (χ4v) is 2.97. The Kier molecular flexibility index (Phi) is 6.85. The zero-order valence-corrected chi connectivity index (χ0v) is 15.5. The monoisotopic (exact) mass is 369 g/mol. The third kappa shape index (κ3) is 5.58. The second kappa shape index (κ2) is 9.76. The molecule has 27 heavy (non-hydrogen) atoms. The number of rotatable bonds is 8. The maximum Gasteiger partial charge on any atom is 0.232 e. The van der Waals surface area contributed by atoms with Gasteiger partial charge in [0.05, 0.1) is 26.9 Å². The van der Waals surface area contributed by atoms with E-state index in [0.717, 1.165) is 57.1 Å². The highest BCUT2D eigenvalue weighted by molar-refractivity contribution is 5.67. The molecule has 7 nitrogen and oxygen atoms in total. The van der Waals surface area contributed by atoms with Crippen LogP contribution in [0.1, 0.15) is 23.6 Å². The molecule has 1 aromatic carbocycles. The molecule has 2 heterocycles. The van der Waals surface area contributed by atoms with Gasteiger partial charge in [-0.3, -0.25) is 0 Å². The summed E-state index contributed by atoms with van der Waals surface area (Å²) < 4.78 is 16.3. The van der Waals surface area contributed by atoms with Gasteiger partial charge in [0.25, 0.3) is 0 Å². The van der Waals surface area contributed by atoms with Gasteiger partial charge in [0.15, 0.2) is 0 Å². The van der Waals surface area contributed by atoms with Gasteiger partial charge >= 0.3 is 0 Å². The van der Waals surface area contributed by atoms with E-state index in [4.69, 9.17) is 13.9 Å². The molecule has 1 fully saturated rings. The van der Waals surface area contributed by atoms with Crippen molar-refractivity contribution in [3.05, 3.63) is 41.4 Å². The lowest BCUT2D eigenvalue weighted by molar-refractivity contribution is -0.908. The Hall–Kier alpha value is -2.82. The van der Waals surface area contributed by atoms with Gasteiger partial charge in [0, 0.05) is 19.0 Å². The lowest BCUT2D eigenvalue weighted by Gasteiger charge is -2.23. The Balaban J connectivity index is 1.54. The van der Waals surface area contributed by atoms with Crippen molar-refractivity contribution in [1.82, 2.24) is 4.98 Å². The number of oxazole rings is 1. The van der Waals surface area contributed by atoms with Crippen molar-refractivity contribution in [3.63, 3.8) is 0 Å². The van der Waals surface area contributed by atoms with E-state index < -0.39 is 0 Å². The van der Waals surface area contributed by atoms with E-state index in [1.54, 1.807) is 18.1 Å². The summed E-state index contributed by atoms with van der Waals surface area (Å²) in [6, 6.07) is 9.75. The van der Waals surface area contributed by atoms with Crippen molar-refractivity contribution in [1.29, 1.82) is 5.26 Å². The largest absolute Gasteiger partial charge is 0.497 e. The predicted octanol–water partition coefficient (Wildman–Crippen LogP) is 1.44. The minimum atomic E-state index is 0.277. The molecular formula is C20H25N4O3+. The SMILES string of the molecule is COc1cccc(/C=C/c2nc(C#N)c(NCCC[NH+]3CCOCC3)o2)c1. The summed E-state index contributed by atoms with van der Waals surface area (Å²) in [6.45, 7) is 5.62. The van der Waals surface area contributed by atoms with Crippen LogP contribution >= 0.6 is 0 Å². The summed E-state index contributed by atoms with van der Waals surface area (Å²) in [4.78, 5) is 5.78. The maximum absolute atomic E-state index is 9.27. The first-order valence-electron chi connectivity index (χ1n) is 9.17. The van der Waals surface area contributed by atoms with Crippen LogP contribution in [-0.2, 0) is 4.74 Å². The summed E-state index contributed by atoms with van der Waals surface area (Å²) in [7, 11) is 1.63. The lowest BCUT2D eigenvalue weighted by Crippen LogP contribution is -3.14. The molecule has 1 aliphatic heterocycles. The van der Waals surface area contributed by atoms with Crippen LogP contribution in [0.3, 0.4) is 0 Å². The fourth-order valence-electron chi connectivity index (χ4n) is 2.97. The molecule has 0 bridgehead atoms. The smallest absolute Gasteiger partial charge is 0.232 e. The summed E-state index contributed by atoms with van der Waals surface area (Å²) in [6.07, 6.45) is 4.62. The molecule has 0 spiro atoms. The second-order valence-corrected chi connectivity index (χ2v) is 6.34. The van der Waals surface area contributed by atoms with Gasteiger partial charge in [0.1, 0.15) is 24.9 Å².